The number of carbonyl (C=O) groups is 2. The molecule has 3 fully saturated rings. The minimum absolute atomic E-state index is 0.0144. The normalized spacial score (nSPS) is 24.1. The Morgan fingerprint density at radius 2 is 1.89 bits per heavy atom. The van der Waals surface area contributed by atoms with Gasteiger partial charge in [-0.25, -0.2) is 4.39 Å². The van der Waals surface area contributed by atoms with Gasteiger partial charge in [-0.1, -0.05) is 25.6 Å². The summed E-state index contributed by atoms with van der Waals surface area (Å²) in [7, 11) is 1.90. The van der Waals surface area contributed by atoms with E-state index in [0.29, 0.717) is 43.3 Å². The molecule has 3 aromatic rings. The Hall–Kier alpha value is -4.06. The van der Waals surface area contributed by atoms with Gasteiger partial charge in [-0.15, -0.1) is 10.2 Å². The monoisotopic (exact) mass is 622 g/mol. The molecule has 236 valence electrons. The molecule has 1 saturated carbocycles. The highest BCUT2D eigenvalue weighted by Gasteiger charge is 2.50. The molecule has 7 rings (SSSR count). The fraction of sp³-hybridized carbons (Fsp3) is 0.455. The van der Waals surface area contributed by atoms with Gasteiger partial charge in [0.2, 0.25) is 0 Å². The number of likely N-dealkylation sites (tertiary alicyclic amines) is 2. The fourth-order valence-corrected chi connectivity index (χ4v) is 8.14. The van der Waals surface area contributed by atoms with E-state index in [1.54, 1.807) is 18.5 Å². The van der Waals surface area contributed by atoms with Crippen LogP contribution in [0.2, 0.25) is 0 Å². The molecule has 12 heteroatoms. The van der Waals surface area contributed by atoms with Crippen molar-refractivity contribution in [3.05, 3.63) is 88.8 Å². The number of aryl methyl sites for hydroxylation is 1. The Balaban J connectivity index is 1.14. The van der Waals surface area contributed by atoms with Crippen molar-refractivity contribution in [1.29, 1.82) is 0 Å². The average Bonchev–Trinajstić information content (AvgIpc) is 3.67. The second-order valence-corrected chi connectivity index (χ2v) is 13.5. The molecule has 1 aromatic heterocycles. The van der Waals surface area contributed by atoms with Crippen molar-refractivity contribution in [2.75, 3.05) is 31.1 Å². The van der Waals surface area contributed by atoms with Crippen LogP contribution in [0, 0.1) is 11.3 Å². The summed E-state index contributed by atoms with van der Waals surface area (Å²) in [5.74, 6) is -0.864. The third-order valence-electron chi connectivity index (χ3n) is 10.1. The summed E-state index contributed by atoms with van der Waals surface area (Å²) < 4.78 is 58.5. The van der Waals surface area contributed by atoms with Crippen LogP contribution in [-0.4, -0.2) is 62.6 Å². The standard InChI is InChI=1S/C33H34F4N6O2/c1-20-12-32(13-20,30-39-38-19-40(30)3)23-5-4-6-24(11-23)43-15-26-25(29(43)45)9-22(10-27(26)33(35,36)37)14-41-8-7-31(16-41)17-42(18-31)28(44)21(2)34/h4-6,9-11,19-20H,2,7-8,12-18H2,1,3H3. The summed E-state index contributed by atoms with van der Waals surface area (Å²) in [5, 5.41) is 8.46. The van der Waals surface area contributed by atoms with Gasteiger partial charge in [0, 0.05) is 49.9 Å². The predicted octanol–water partition coefficient (Wildman–Crippen LogP) is 5.23. The second-order valence-electron chi connectivity index (χ2n) is 13.5. The van der Waals surface area contributed by atoms with E-state index in [9.17, 15) is 27.2 Å². The number of amides is 2. The highest BCUT2D eigenvalue weighted by atomic mass is 19.4. The van der Waals surface area contributed by atoms with Crippen LogP contribution in [0.1, 0.15) is 64.6 Å². The first kappa shape index (κ1) is 29.6. The Morgan fingerprint density at radius 1 is 1.13 bits per heavy atom. The largest absolute Gasteiger partial charge is 0.416 e. The van der Waals surface area contributed by atoms with E-state index in [4.69, 9.17) is 0 Å². The first-order chi connectivity index (χ1) is 21.3. The van der Waals surface area contributed by atoms with Gasteiger partial charge in [0.05, 0.1) is 17.5 Å². The van der Waals surface area contributed by atoms with Gasteiger partial charge in [-0.3, -0.25) is 14.5 Å². The zero-order valence-corrected chi connectivity index (χ0v) is 25.2. The Morgan fingerprint density at radius 3 is 2.53 bits per heavy atom. The molecule has 0 bridgehead atoms. The SMILES string of the molecule is C=C(F)C(=O)N1CC2(CCN(Cc3cc4c(c(C(F)(F)F)c3)CN(c3cccc(C5(c6nncn6C)CC(C)C5)c3)C4=O)C2)C1. The molecular formula is C33H34F4N6O2. The molecule has 3 aliphatic heterocycles. The number of alkyl halides is 3. The highest BCUT2D eigenvalue weighted by Crippen LogP contribution is 2.52. The number of rotatable bonds is 6. The van der Waals surface area contributed by atoms with Crippen molar-refractivity contribution in [1.82, 2.24) is 24.6 Å². The lowest BCUT2D eigenvalue weighted by molar-refractivity contribution is -0.140. The van der Waals surface area contributed by atoms with E-state index < -0.39 is 29.4 Å². The van der Waals surface area contributed by atoms with E-state index in [0.717, 1.165) is 30.7 Å². The van der Waals surface area contributed by atoms with Crippen molar-refractivity contribution >= 4 is 17.5 Å². The third kappa shape index (κ3) is 4.84. The first-order valence-corrected chi connectivity index (χ1v) is 15.1. The molecule has 2 aromatic carbocycles. The molecule has 45 heavy (non-hydrogen) atoms. The van der Waals surface area contributed by atoms with E-state index in [2.05, 4.69) is 23.7 Å². The number of halogens is 4. The van der Waals surface area contributed by atoms with Gasteiger partial charge in [0.15, 0.2) is 5.83 Å². The Kier molecular flexibility index (Phi) is 6.74. The topological polar surface area (TPSA) is 74.6 Å². The highest BCUT2D eigenvalue weighted by molar-refractivity contribution is 6.10. The number of hydrogen-bond donors (Lipinski definition) is 0. The van der Waals surface area contributed by atoms with E-state index >= 15 is 0 Å². The van der Waals surface area contributed by atoms with E-state index in [1.807, 2.05) is 34.7 Å². The smallest absolute Gasteiger partial charge is 0.335 e. The summed E-state index contributed by atoms with van der Waals surface area (Å²) in [6, 6.07) is 10.3. The van der Waals surface area contributed by atoms with Crippen LogP contribution in [-0.2, 0) is 36.5 Å². The van der Waals surface area contributed by atoms with Crippen LogP contribution in [0.15, 0.2) is 55.1 Å². The first-order valence-electron chi connectivity index (χ1n) is 15.1. The van der Waals surface area contributed by atoms with Crippen molar-refractivity contribution < 1.29 is 27.2 Å². The predicted molar refractivity (Wildman–Crippen MR) is 158 cm³/mol. The van der Waals surface area contributed by atoms with Gasteiger partial charge in [-0.05, 0) is 72.7 Å². The van der Waals surface area contributed by atoms with Gasteiger partial charge < -0.3 is 14.4 Å². The maximum atomic E-state index is 14.4. The fourth-order valence-electron chi connectivity index (χ4n) is 8.14. The minimum Gasteiger partial charge on any atom is -0.335 e. The average molecular weight is 623 g/mol. The van der Waals surface area contributed by atoms with Gasteiger partial charge in [-0.2, -0.15) is 13.2 Å². The Labute approximate surface area is 258 Å². The molecule has 0 radical (unpaired) electrons. The molecule has 2 saturated heterocycles. The lowest BCUT2D eigenvalue weighted by Crippen LogP contribution is -2.59. The molecule has 0 unspecified atom stereocenters. The number of fused-ring (bicyclic) bond motifs is 1. The number of nitrogens with zero attached hydrogens (tertiary/aromatic N) is 6. The molecule has 2 amide bonds. The number of benzene rings is 2. The quantitative estimate of drug-likeness (QED) is 0.278. The summed E-state index contributed by atoms with van der Waals surface area (Å²) in [4.78, 5) is 30.6. The van der Waals surface area contributed by atoms with Crippen LogP contribution in [0.25, 0.3) is 0 Å². The number of anilines is 1. The molecule has 0 N–H and O–H groups in total. The number of aromatic nitrogens is 3. The number of hydrogen-bond acceptors (Lipinski definition) is 5. The maximum absolute atomic E-state index is 14.4. The summed E-state index contributed by atoms with van der Waals surface area (Å²) in [5.41, 5.74) is 0.611. The lowest BCUT2D eigenvalue weighted by atomic mass is 9.58. The van der Waals surface area contributed by atoms with Crippen LogP contribution in [0.4, 0.5) is 23.2 Å². The summed E-state index contributed by atoms with van der Waals surface area (Å²) in [6.07, 6.45) is -0.504. The van der Waals surface area contributed by atoms with Crippen molar-refractivity contribution in [2.24, 2.45) is 18.4 Å². The summed E-state index contributed by atoms with van der Waals surface area (Å²) in [6.45, 7) is 7.31. The second kappa shape index (κ2) is 10.2. The molecule has 8 nitrogen and oxygen atoms in total. The maximum Gasteiger partial charge on any atom is 0.416 e. The van der Waals surface area contributed by atoms with E-state index in [-0.39, 0.29) is 35.0 Å². The van der Waals surface area contributed by atoms with Gasteiger partial charge in [0.1, 0.15) is 12.2 Å². The molecule has 4 aliphatic rings. The van der Waals surface area contributed by atoms with Crippen molar-refractivity contribution in [3.63, 3.8) is 0 Å². The molecule has 4 heterocycles. The van der Waals surface area contributed by atoms with Crippen molar-refractivity contribution in [2.45, 2.75) is 50.9 Å². The third-order valence-corrected chi connectivity index (χ3v) is 10.1. The molecule has 1 aliphatic carbocycles. The van der Waals surface area contributed by atoms with Crippen LogP contribution in [0.3, 0.4) is 0 Å². The van der Waals surface area contributed by atoms with Crippen LogP contribution in [0.5, 0.6) is 0 Å². The van der Waals surface area contributed by atoms with Gasteiger partial charge in [0.25, 0.3) is 11.8 Å². The molecule has 1 spiro atoms. The Bertz CT molecular complexity index is 1720. The zero-order valence-electron chi connectivity index (χ0n) is 25.2. The van der Waals surface area contributed by atoms with Crippen molar-refractivity contribution in [3.8, 4) is 0 Å². The number of carbonyl (C=O) groups excluding carboxylic acids is 2. The summed E-state index contributed by atoms with van der Waals surface area (Å²) >= 11 is 0. The molecular weight excluding hydrogens is 588 g/mol. The molecule has 0 atom stereocenters. The lowest BCUT2D eigenvalue weighted by Gasteiger charge is -2.47. The minimum atomic E-state index is -4.63. The van der Waals surface area contributed by atoms with E-state index in [1.165, 1.54) is 15.9 Å². The van der Waals surface area contributed by atoms with Crippen LogP contribution >= 0.6 is 0 Å². The van der Waals surface area contributed by atoms with Crippen LogP contribution < -0.4 is 4.90 Å². The zero-order chi connectivity index (χ0) is 31.9. The van der Waals surface area contributed by atoms with Gasteiger partial charge >= 0.3 is 6.18 Å².